The molecule has 2 aromatic rings. The molecule has 0 aliphatic carbocycles. The van der Waals surface area contributed by atoms with Crippen LogP contribution in [0.3, 0.4) is 0 Å². The second-order valence-corrected chi connectivity index (χ2v) is 5.18. The van der Waals surface area contributed by atoms with Crippen LogP contribution in [-0.2, 0) is 11.5 Å². The van der Waals surface area contributed by atoms with Crippen molar-refractivity contribution in [2.24, 2.45) is 5.73 Å². The number of amidine groups is 1. The third kappa shape index (κ3) is 3.83. The lowest BCUT2D eigenvalue weighted by Gasteiger charge is -2.08. The molecule has 2 rings (SSSR count). The molecule has 4 heteroatoms. The van der Waals surface area contributed by atoms with Gasteiger partial charge in [-0.15, -0.1) is 0 Å². The molecule has 0 bridgehead atoms. The van der Waals surface area contributed by atoms with E-state index in [2.05, 4.69) is 12.1 Å². The van der Waals surface area contributed by atoms with Crippen molar-refractivity contribution in [2.75, 3.05) is 0 Å². The topological polar surface area (TPSA) is 49.9 Å². The summed E-state index contributed by atoms with van der Waals surface area (Å²) < 4.78 is 13.1. The number of hydrogen-bond acceptors (Lipinski definition) is 2. The normalized spacial score (nSPS) is 10.4. The first kappa shape index (κ1) is 13.6. The van der Waals surface area contributed by atoms with Crippen molar-refractivity contribution in [2.45, 2.75) is 11.5 Å². The van der Waals surface area contributed by atoms with Crippen LogP contribution in [0.1, 0.15) is 16.7 Å². The Bertz CT molecular complexity index is 570. The van der Waals surface area contributed by atoms with E-state index in [1.54, 1.807) is 17.8 Å². The number of benzene rings is 2. The van der Waals surface area contributed by atoms with E-state index in [1.165, 1.54) is 17.7 Å². The van der Waals surface area contributed by atoms with Crippen LogP contribution >= 0.6 is 11.8 Å². The fourth-order valence-corrected chi connectivity index (χ4v) is 2.78. The first-order valence-corrected chi connectivity index (χ1v) is 7.07. The van der Waals surface area contributed by atoms with Gasteiger partial charge in [0.1, 0.15) is 11.7 Å². The lowest BCUT2D eigenvalue weighted by atomic mass is 10.1. The van der Waals surface area contributed by atoms with Gasteiger partial charge in [-0.3, -0.25) is 5.41 Å². The Balaban J connectivity index is 2.02. The minimum atomic E-state index is -0.359. The summed E-state index contributed by atoms with van der Waals surface area (Å²) in [6.07, 6.45) is 0. The summed E-state index contributed by atoms with van der Waals surface area (Å²) in [5.74, 6) is 1.15. The number of nitrogen functional groups attached to an aromatic ring is 1. The summed E-state index contributed by atoms with van der Waals surface area (Å²) >= 11 is 1.72. The van der Waals surface area contributed by atoms with E-state index in [4.69, 9.17) is 11.1 Å². The molecule has 0 radical (unpaired) electrons. The Morgan fingerprint density at radius 2 is 1.84 bits per heavy atom. The number of nitrogens with two attached hydrogens (primary N) is 1. The van der Waals surface area contributed by atoms with Crippen molar-refractivity contribution in [3.05, 3.63) is 71.0 Å². The molecule has 0 unspecified atom stereocenters. The van der Waals surface area contributed by atoms with Crippen LogP contribution in [0.15, 0.2) is 48.5 Å². The van der Waals surface area contributed by atoms with Gasteiger partial charge < -0.3 is 5.73 Å². The SMILES string of the molecule is N=C(N)c1cc(F)ccc1CSCc1ccccc1. The molecular formula is C15H15FN2S. The smallest absolute Gasteiger partial charge is 0.123 e. The molecule has 98 valence electrons. The van der Waals surface area contributed by atoms with Crippen molar-refractivity contribution >= 4 is 17.6 Å². The quantitative estimate of drug-likeness (QED) is 0.647. The van der Waals surface area contributed by atoms with Crippen molar-refractivity contribution in [3.8, 4) is 0 Å². The molecule has 19 heavy (non-hydrogen) atoms. The molecule has 0 aliphatic heterocycles. The maximum Gasteiger partial charge on any atom is 0.123 e. The van der Waals surface area contributed by atoms with Crippen LogP contribution in [-0.4, -0.2) is 5.84 Å². The second-order valence-electron chi connectivity index (χ2n) is 4.19. The van der Waals surface area contributed by atoms with E-state index in [0.29, 0.717) is 11.3 Å². The minimum Gasteiger partial charge on any atom is -0.384 e. The van der Waals surface area contributed by atoms with Crippen molar-refractivity contribution in [1.29, 1.82) is 5.41 Å². The van der Waals surface area contributed by atoms with Gasteiger partial charge in [0.05, 0.1) is 0 Å². The van der Waals surface area contributed by atoms with Crippen LogP contribution in [0.2, 0.25) is 0 Å². The Morgan fingerprint density at radius 1 is 1.11 bits per heavy atom. The first-order valence-electron chi connectivity index (χ1n) is 5.91. The Morgan fingerprint density at radius 3 is 2.53 bits per heavy atom. The van der Waals surface area contributed by atoms with E-state index < -0.39 is 0 Å². The molecule has 0 fully saturated rings. The monoisotopic (exact) mass is 274 g/mol. The number of nitrogens with one attached hydrogen (secondary N) is 1. The average molecular weight is 274 g/mol. The van der Waals surface area contributed by atoms with Crippen molar-refractivity contribution in [1.82, 2.24) is 0 Å². The molecule has 0 saturated carbocycles. The number of thioether (sulfide) groups is 1. The van der Waals surface area contributed by atoms with Gasteiger partial charge in [0.15, 0.2) is 0 Å². The van der Waals surface area contributed by atoms with Crippen LogP contribution in [0.4, 0.5) is 4.39 Å². The molecule has 0 heterocycles. The van der Waals surface area contributed by atoms with Crippen LogP contribution in [0, 0.1) is 11.2 Å². The zero-order valence-corrected chi connectivity index (χ0v) is 11.2. The predicted octanol–water partition coefficient (Wildman–Crippen LogP) is 3.54. The Hall–Kier alpha value is -1.81. The molecule has 3 N–H and O–H groups in total. The maximum atomic E-state index is 13.1. The molecule has 2 aromatic carbocycles. The fraction of sp³-hybridized carbons (Fsp3) is 0.133. The predicted molar refractivity (Wildman–Crippen MR) is 78.9 cm³/mol. The lowest BCUT2D eigenvalue weighted by Crippen LogP contribution is -2.14. The Labute approximate surface area is 116 Å². The standard InChI is InChI=1S/C15H15FN2S/c16-13-7-6-12(14(8-13)15(17)18)10-19-9-11-4-2-1-3-5-11/h1-8H,9-10H2,(H3,17,18). The molecule has 2 nitrogen and oxygen atoms in total. The number of hydrogen-bond donors (Lipinski definition) is 2. The highest BCUT2D eigenvalue weighted by molar-refractivity contribution is 7.97. The van der Waals surface area contributed by atoms with E-state index in [9.17, 15) is 4.39 Å². The molecule has 0 aliphatic rings. The van der Waals surface area contributed by atoms with E-state index in [-0.39, 0.29) is 11.7 Å². The summed E-state index contributed by atoms with van der Waals surface area (Å²) in [6.45, 7) is 0. The number of halogens is 1. The van der Waals surface area contributed by atoms with Gasteiger partial charge >= 0.3 is 0 Å². The summed E-state index contributed by atoms with van der Waals surface area (Å²) in [6, 6.07) is 14.6. The van der Waals surface area contributed by atoms with Gasteiger partial charge in [0.2, 0.25) is 0 Å². The highest BCUT2D eigenvalue weighted by Crippen LogP contribution is 2.21. The maximum absolute atomic E-state index is 13.1. The third-order valence-corrected chi connectivity index (χ3v) is 3.78. The summed E-state index contributed by atoms with van der Waals surface area (Å²) in [4.78, 5) is 0. The van der Waals surface area contributed by atoms with Gasteiger partial charge in [-0.1, -0.05) is 36.4 Å². The Kier molecular flexibility index (Phi) is 4.58. The largest absolute Gasteiger partial charge is 0.384 e. The first-order chi connectivity index (χ1) is 9.16. The zero-order chi connectivity index (χ0) is 13.7. The van der Waals surface area contributed by atoms with Gasteiger partial charge in [0, 0.05) is 17.1 Å². The van der Waals surface area contributed by atoms with Crippen LogP contribution in [0.25, 0.3) is 0 Å². The fourth-order valence-electron chi connectivity index (χ4n) is 1.78. The average Bonchev–Trinajstić information content (AvgIpc) is 2.41. The zero-order valence-electron chi connectivity index (χ0n) is 10.4. The van der Waals surface area contributed by atoms with Gasteiger partial charge in [-0.05, 0) is 23.3 Å². The van der Waals surface area contributed by atoms with Gasteiger partial charge in [-0.2, -0.15) is 11.8 Å². The highest BCUT2D eigenvalue weighted by Gasteiger charge is 2.07. The summed E-state index contributed by atoms with van der Waals surface area (Å²) in [5, 5.41) is 7.47. The van der Waals surface area contributed by atoms with Crippen LogP contribution < -0.4 is 5.73 Å². The molecule has 0 spiro atoms. The van der Waals surface area contributed by atoms with Crippen molar-refractivity contribution < 1.29 is 4.39 Å². The molecular weight excluding hydrogens is 259 g/mol. The van der Waals surface area contributed by atoms with Crippen LogP contribution in [0.5, 0.6) is 0 Å². The van der Waals surface area contributed by atoms with E-state index >= 15 is 0 Å². The molecule has 0 amide bonds. The van der Waals surface area contributed by atoms with Gasteiger partial charge in [-0.25, -0.2) is 4.39 Å². The molecule has 0 atom stereocenters. The van der Waals surface area contributed by atoms with E-state index in [1.807, 2.05) is 18.2 Å². The summed E-state index contributed by atoms with van der Waals surface area (Å²) in [5.41, 5.74) is 8.11. The second kappa shape index (κ2) is 6.38. The van der Waals surface area contributed by atoms with E-state index in [0.717, 1.165) is 11.3 Å². The van der Waals surface area contributed by atoms with Crippen molar-refractivity contribution in [3.63, 3.8) is 0 Å². The minimum absolute atomic E-state index is 0.0881. The molecule has 0 aromatic heterocycles. The lowest BCUT2D eigenvalue weighted by molar-refractivity contribution is 0.627. The highest BCUT2D eigenvalue weighted by atomic mass is 32.2. The number of rotatable bonds is 5. The van der Waals surface area contributed by atoms with Gasteiger partial charge in [0.25, 0.3) is 0 Å². The summed E-state index contributed by atoms with van der Waals surface area (Å²) in [7, 11) is 0. The molecule has 0 saturated heterocycles. The third-order valence-electron chi connectivity index (χ3n) is 2.73.